The molecule has 13 heteroatoms. The topological polar surface area (TPSA) is 209 Å². The highest BCUT2D eigenvalue weighted by molar-refractivity contribution is 5.93. The van der Waals surface area contributed by atoms with Crippen LogP contribution in [0.25, 0.3) is 21.9 Å². The van der Waals surface area contributed by atoms with Gasteiger partial charge in [-0.15, -0.1) is 0 Å². The van der Waals surface area contributed by atoms with E-state index in [4.69, 9.17) is 23.4 Å². The fraction of sp³-hybridized carbons (Fsp3) is 0.480. The molecule has 0 amide bonds. The predicted molar refractivity (Wildman–Crippen MR) is 127 cm³/mol. The van der Waals surface area contributed by atoms with Gasteiger partial charge in [0.15, 0.2) is 6.29 Å². The van der Waals surface area contributed by atoms with Crippen molar-refractivity contribution in [3.05, 3.63) is 46.6 Å². The van der Waals surface area contributed by atoms with Crippen LogP contribution in [0.1, 0.15) is 6.92 Å². The smallest absolute Gasteiger partial charge is 0.229 e. The molecule has 2 aliphatic rings. The highest BCUT2D eigenvalue weighted by Gasteiger charge is 2.47. The van der Waals surface area contributed by atoms with Gasteiger partial charge in [-0.25, -0.2) is 0 Å². The first-order valence-corrected chi connectivity index (χ1v) is 11.9. The van der Waals surface area contributed by atoms with Gasteiger partial charge in [-0.05, 0) is 37.3 Å². The van der Waals surface area contributed by atoms with Crippen molar-refractivity contribution in [1.82, 2.24) is 0 Å². The number of phenols is 1. The van der Waals surface area contributed by atoms with Crippen LogP contribution in [0.5, 0.6) is 11.5 Å². The molecule has 7 N–H and O–H groups in total. The van der Waals surface area contributed by atoms with Crippen LogP contribution in [0.3, 0.4) is 0 Å². The van der Waals surface area contributed by atoms with E-state index in [0.29, 0.717) is 0 Å². The summed E-state index contributed by atoms with van der Waals surface area (Å²) in [6.07, 6.45) is -14.5. The first kappa shape index (κ1) is 26.7. The van der Waals surface area contributed by atoms with Crippen molar-refractivity contribution in [3.8, 4) is 11.5 Å². The maximum absolute atomic E-state index is 13.0. The maximum atomic E-state index is 13.0. The van der Waals surface area contributed by atoms with Gasteiger partial charge in [0.05, 0.1) is 18.1 Å². The van der Waals surface area contributed by atoms with Crippen molar-refractivity contribution >= 4 is 21.9 Å². The summed E-state index contributed by atoms with van der Waals surface area (Å²) < 4.78 is 27.8. The van der Waals surface area contributed by atoms with E-state index in [1.165, 1.54) is 31.2 Å². The van der Waals surface area contributed by atoms with E-state index in [1.54, 1.807) is 12.1 Å². The lowest BCUT2D eigenvalue weighted by molar-refractivity contribution is -0.318. The molecular formula is C25H28O13. The molecule has 38 heavy (non-hydrogen) atoms. The monoisotopic (exact) mass is 536 g/mol. The zero-order chi connectivity index (χ0) is 27.3. The number of hydrogen-bond acceptors (Lipinski definition) is 13. The molecule has 3 heterocycles. The first-order chi connectivity index (χ1) is 18.1. The molecule has 206 valence electrons. The van der Waals surface area contributed by atoms with E-state index >= 15 is 0 Å². The number of fused-ring (bicyclic) bond motifs is 2. The Balaban J connectivity index is 1.34. The summed E-state index contributed by atoms with van der Waals surface area (Å²) in [5.74, 6) is -0.192. The number of benzene rings is 2. The van der Waals surface area contributed by atoms with Crippen molar-refractivity contribution in [2.75, 3.05) is 6.61 Å². The highest BCUT2D eigenvalue weighted by atomic mass is 16.7. The summed E-state index contributed by atoms with van der Waals surface area (Å²) in [6, 6.07) is 8.67. The minimum absolute atomic E-state index is 0.0130. The SMILES string of the molecule is C[C@@H]1O[C@@H](OC[C@H]2O[C@@H](Oc3ccc4oc5cccc(O)c5c(=O)c4c3)[C@H](O)[C@@H](O)[C@@H]2O)[C@H](O)[C@H](O)[C@H]1O. The third-order valence-corrected chi connectivity index (χ3v) is 6.80. The van der Waals surface area contributed by atoms with E-state index in [-0.39, 0.29) is 33.4 Å². The molecule has 0 bridgehead atoms. The summed E-state index contributed by atoms with van der Waals surface area (Å²) in [5, 5.41) is 71.3. The van der Waals surface area contributed by atoms with Crippen LogP contribution >= 0.6 is 0 Å². The van der Waals surface area contributed by atoms with Crippen molar-refractivity contribution in [2.24, 2.45) is 0 Å². The number of hydrogen-bond donors (Lipinski definition) is 7. The third-order valence-electron chi connectivity index (χ3n) is 6.80. The zero-order valence-electron chi connectivity index (χ0n) is 20.0. The van der Waals surface area contributed by atoms with Crippen molar-refractivity contribution in [3.63, 3.8) is 0 Å². The highest BCUT2D eigenvalue weighted by Crippen LogP contribution is 2.30. The van der Waals surface area contributed by atoms with Crippen molar-refractivity contribution in [2.45, 2.75) is 68.3 Å². The Morgan fingerprint density at radius 1 is 0.816 bits per heavy atom. The quantitative estimate of drug-likeness (QED) is 0.189. The average Bonchev–Trinajstić information content (AvgIpc) is 2.90. The number of phenolic OH excluding ortho intramolecular Hbond substituents is 1. The van der Waals surface area contributed by atoms with E-state index in [2.05, 4.69) is 0 Å². The first-order valence-electron chi connectivity index (χ1n) is 11.9. The van der Waals surface area contributed by atoms with Crippen molar-refractivity contribution in [1.29, 1.82) is 0 Å². The summed E-state index contributed by atoms with van der Waals surface area (Å²) in [5.41, 5.74) is -0.0882. The van der Waals surface area contributed by atoms with Crippen LogP contribution in [0.15, 0.2) is 45.6 Å². The van der Waals surface area contributed by atoms with Gasteiger partial charge < -0.3 is 59.1 Å². The lowest BCUT2D eigenvalue weighted by atomic mass is 9.98. The van der Waals surface area contributed by atoms with Gasteiger partial charge in [-0.1, -0.05) is 6.07 Å². The molecule has 2 aromatic carbocycles. The van der Waals surface area contributed by atoms with E-state index < -0.39 is 73.4 Å². The van der Waals surface area contributed by atoms with Crippen LogP contribution in [-0.2, 0) is 14.2 Å². The second kappa shape index (κ2) is 10.4. The molecule has 13 nitrogen and oxygen atoms in total. The van der Waals surface area contributed by atoms with Gasteiger partial charge in [-0.2, -0.15) is 0 Å². The number of aliphatic hydroxyl groups excluding tert-OH is 6. The van der Waals surface area contributed by atoms with Gasteiger partial charge in [0, 0.05) is 0 Å². The Hall–Kier alpha value is -2.85. The van der Waals surface area contributed by atoms with E-state index in [0.717, 1.165) is 0 Å². The molecule has 0 aliphatic carbocycles. The second-order valence-corrected chi connectivity index (χ2v) is 9.39. The van der Waals surface area contributed by atoms with Gasteiger partial charge in [-0.3, -0.25) is 4.79 Å². The molecule has 0 unspecified atom stereocenters. The third kappa shape index (κ3) is 4.73. The fourth-order valence-corrected chi connectivity index (χ4v) is 4.56. The fourth-order valence-electron chi connectivity index (χ4n) is 4.56. The summed E-state index contributed by atoms with van der Waals surface area (Å²) in [6.45, 7) is 1.02. The molecule has 1 aromatic heterocycles. The summed E-state index contributed by atoms with van der Waals surface area (Å²) >= 11 is 0. The minimum Gasteiger partial charge on any atom is -0.507 e. The Kier molecular flexibility index (Phi) is 7.30. The number of ether oxygens (including phenoxy) is 4. The molecule has 5 rings (SSSR count). The minimum atomic E-state index is -1.71. The molecule has 0 spiro atoms. The van der Waals surface area contributed by atoms with Crippen molar-refractivity contribution < 1.29 is 59.1 Å². The number of aromatic hydroxyl groups is 1. The standard InChI is InChI=1S/C25H28O13/c1-9-17(27)20(30)22(32)24(35-9)34-8-15-19(29)21(31)23(33)25(38-15)36-10-5-6-13-11(7-10)18(28)16-12(26)3-2-4-14(16)37-13/h2-7,9,15,17,19-27,29-33H,8H2,1H3/t9-,15+,17-,19+,20+,21-,22+,23+,24+,25+/m0/s1. The Labute approximate surface area is 214 Å². The normalized spacial score (nSPS) is 36.0. The van der Waals surface area contributed by atoms with Crippen LogP contribution in [0.4, 0.5) is 0 Å². The maximum Gasteiger partial charge on any atom is 0.229 e. The molecule has 2 fully saturated rings. The van der Waals surface area contributed by atoms with E-state index in [1.807, 2.05) is 0 Å². The molecule has 0 saturated carbocycles. The van der Waals surface area contributed by atoms with Gasteiger partial charge in [0.1, 0.15) is 70.8 Å². The van der Waals surface area contributed by atoms with Gasteiger partial charge in [0.2, 0.25) is 11.7 Å². The number of aliphatic hydroxyl groups is 6. The van der Waals surface area contributed by atoms with Crippen LogP contribution in [0.2, 0.25) is 0 Å². The van der Waals surface area contributed by atoms with Gasteiger partial charge in [0.25, 0.3) is 0 Å². The molecule has 10 atom stereocenters. The zero-order valence-corrected chi connectivity index (χ0v) is 20.0. The van der Waals surface area contributed by atoms with Crippen LogP contribution in [-0.4, -0.2) is 104 Å². The predicted octanol–water partition coefficient (Wildman–Crippen LogP) is -1.32. The summed E-state index contributed by atoms with van der Waals surface area (Å²) in [7, 11) is 0. The Morgan fingerprint density at radius 3 is 2.29 bits per heavy atom. The Morgan fingerprint density at radius 2 is 1.53 bits per heavy atom. The van der Waals surface area contributed by atoms with Crippen LogP contribution < -0.4 is 10.2 Å². The number of rotatable bonds is 5. The second-order valence-electron chi connectivity index (χ2n) is 9.39. The molecular weight excluding hydrogens is 508 g/mol. The van der Waals surface area contributed by atoms with E-state index in [9.17, 15) is 40.5 Å². The van der Waals surface area contributed by atoms with Crippen LogP contribution in [0, 0.1) is 0 Å². The lowest BCUT2D eigenvalue weighted by Crippen LogP contribution is -2.61. The van der Waals surface area contributed by atoms with Gasteiger partial charge >= 0.3 is 0 Å². The summed E-state index contributed by atoms with van der Waals surface area (Å²) in [4.78, 5) is 13.0. The molecule has 2 aliphatic heterocycles. The lowest BCUT2D eigenvalue weighted by Gasteiger charge is -2.42. The Bertz CT molecular complexity index is 1360. The molecule has 3 aromatic rings. The largest absolute Gasteiger partial charge is 0.507 e. The molecule has 0 radical (unpaired) electrons. The average molecular weight is 536 g/mol. The molecule has 2 saturated heterocycles.